The minimum atomic E-state index is -4.27. The van der Waals surface area contributed by atoms with E-state index in [0.29, 0.717) is 11.3 Å². The number of allylic oxidation sites excluding steroid dienone is 2. The first-order valence-corrected chi connectivity index (χ1v) is 16.9. The Hall–Kier alpha value is -5.82. The van der Waals surface area contributed by atoms with E-state index in [9.17, 15) is 28.1 Å². The lowest BCUT2D eigenvalue weighted by Crippen LogP contribution is -2.39. The minimum Gasteiger partial charge on any atom is -0.465 e. The van der Waals surface area contributed by atoms with Gasteiger partial charge in [-0.05, 0) is 78.4 Å². The molecule has 3 atom stereocenters. The van der Waals surface area contributed by atoms with Crippen molar-refractivity contribution in [3.8, 4) is 0 Å². The molecule has 250 valence electrons. The number of fused-ring (bicyclic) bond motifs is 3. The van der Waals surface area contributed by atoms with Gasteiger partial charge in [-0.1, -0.05) is 54.6 Å². The molecule has 0 fully saturated rings. The molecule has 1 aliphatic heterocycles. The average Bonchev–Trinajstić information content (AvgIpc) is 3.63. The fourth-order valence-corrected chi connectivity index (χ4v) is 7.70. The van der Waals surface area contributed by atoms with E-state index >= 15 is 0 Å². The number of ether oxygens (including phenoxy) is 1. The molecule has 2 N–H and O–H groups in total. The fourth-order valence-electron chi connectivity index (χ4n) is 6.27. The molecule has 0 saturated carbocycles. The summed E-state index contributed by atoms with van der Waals surface area (Å²) in [5.41, 5.74) is 6.99. The Morgan fingerprint density at radius 1 is 1.00 bits per heavy atom. The summed E-state index contributed by atoms with van der Waals surface area (Å²) in [4.78, 5) is 35.8. The van der Waals surface area contributed by atoms with Gasteiger partial charge in [-0.15, -0.1) is 0 Å². The number of carbonyl (C=O) groups is 2. The first-order valence-electron chi connectivity index (χ1n) is 15.5. The summed E-state index contributed by atoms with van der Waals surface area (Å²) in [5, 5.41) is 19.4. The summed E-state index contributed by atoms with van der Waals surface area (Å²) >= 11 is 0. The van der Waals surface area contributed by atoms with Crippen molar-refractivity contribution in [3.63, 3.8) is 0 Å². The fraction of sp³-hybridized carbons (Fsp3) is 0.194. The molecule has 0 spiro atoms. The molecule has 2 aliphatic rings. The summed E-state index contributed by atoms with van der Waals surface area (Å²) in [5.74, 6) is -0.734. The number of nitro benzene ring substituents is 1. The second kappa shape index (κ2) is 13.7. The van der Waals surface area contributed by atoms with Crippen LogP contribution in [-0.2, 0) is 19.6 Å². The van der Waals surface area contributed by atoms with Crippen LogP contribution in [0.4, 0.5) is 17.1 Å². The second-order valence-corrected chi connectivity index (χ2v) is 13.6. The van der Waals surface area contributed by atoms with Crippen molar-refractivity contribution in [1.29, 1.82) is 0 Å². The number of nitrogens with zero attached hydrogens (tertiary/aromatic N) is 3. The number of rotatable bonds is 10. The van der Waals surface area contributed by atoms with Gasteiger partial charge in [0.25, 0.3) is 21.6 Å². The molecule has 1 aliphatic carbocycles. The molecule has 0 radical (unpaired) electrons. The number of hydrazone groups is 1. The van der Waals surface area contributed by atoms with E-state index < -0.39 is 27.4 Å². The molecule has 1 heterocycles. The Morgan fingerprint density at radius 3 is 2.45 bits per heavy atom. The molecule has 0 bridgehead atoms. The Balaban J connectivity index is 1.21. The van der Waals surface area contributed by atoms with Crippen molar-refractivity contribution < 1.29 is 27.7 Å². The lowest BCUT2D eigenvalue weighted by molar-refractivity contribution is -0.384. The Morgan fingerprint density at radius 2 is 1.73 bits per heavy atom. The predicted molar refractivity (Wildman–Crippen MR) is 185 cm³/mol. The van der Waals surface area contributed by atoms with E-state index in [1.54, 1.807) is 37.3 Å². The topological polar surface area (TPSA) is 160 Å². The summed E-state index contributed by atoms with van der Waals surface area (Å²) < 4.78 is 32.9. The largest absolute Gasteiger partial charge is 0.465 e. The van der Waals surface area contributed by atoms with Crippen LogP contribution in [0.5, 0.6) is 0 Å². The third-order valence-corrected chi connectivity index (χ3v) is 10.6. The number of benzene rings is 4. The van der Waals surface area contributed by atoms with Crippen molar-refractivity contribution >= 4 is 44.7 Å². The zero-order chi connectivity index (χ0) is 34.7. The van der Waals surface area contributed by atoms with Gasteiger partial charge < -0.3 is 10.1 Å². The first-order chi connectivity index (χ1) is 23.6. The number of non-ortho nitro benzene ring substituents is 1. The number of amides is 1. The number of esters is 1. The third-order valence-electron chi connectivity index (χ3n) is 8.77. The van der Waals surface area contributed by atoms with Crippen LogP contribution in [0.3, 0.4) is 0 Å². The SMILES string of the molecule is COC(=O)c1ccc([C@@H]2Nc3ccc(/C(C)=N/NC(=O)CN(c4cccc([N+](=O)[O-])c4)S(=O)(=O)c4ccccc4)cc3[C@@H]3C=CC[C@@H]32)cc1. The van der Waals surface area contributed by atoms with Crippen molar-refractivity contribution in [1.82, 2.24) is 5.43 Å². The van der Waals surface area contributed by atoms with Crippen molar-refractivity contribution in [2.75, 3.05) is 23.3 Å². The van der Waals surface area contributed by atoms with E-state index in [1.807, 2.05) is 30.3 Å². The molecule has 1 amide bonds. The Kier molecular flexibility index (Phi) is 9.27. The van der Waals surface area contributed by atoms with Crippen LogP contribution >= 0.6 is 0 Å². The molecule has 13 heteroatoms. The Labute approximate surface area is 283 Å². The van der Waals surface area contributed by atoms with Gasteiger partial charge in [0, 0.05) is 23.7 Å². The third kappa shape index (κ3) is 6.79. The van der Waals surface area contributed by atoms with Gasteiger partial charge in [0.05, 0.1) is 39.9 Å². The summed E-state index contributed by atoms with van der Waals surface area (Å²) in [7, 11) is -2.91. The number of anilines is 2. The van der Waals surface area contributed by atoms with Gasteiger partial charge in [0.2, 0.25) is 0 Å². The number of nitro groups is 1. The van der Waals surface area contributed by atoms with Crippen LogP contribution in [0.2, 0.25) is 0 Å². The highest BCUT2D eigenvalue weighted by Gasteiger charge is 2.38. The van der Waals surface area contributed by atoms with Crippen molar-refractivity contribution in [3.05, 3.63) is 142 Å². The first kappa shape index (κ1) is 33.1. The quantitative estimate of drug-likeness (QED) is 0.0684. The molecule has 6 rings (SSSR count). The molecule has 0 unspecified atom stereocenters. The number of methoxy groups -OCH3 is 1. The molecule has 4 aromatic rings. The molecule has 4 aromatic carbocycles. The van der Waals surface area contributed by atoms with Gasteiger partial charge in [-0.3, -0.25) is 19.2 Å². The van der Waals surface area contributed by atoms with Gasteiger partial charge in [0.1, 0.15) is 6.54 Å². The zero-order valence-electron chi connectivity index (χ0n) is 26.6. The minimum absolute atomic E-state index is 0.0280. The van der Waals surface area contributed by atoms with Gasteiger partial charge in [-0.25, -0.2) is 18.6 Å². The second-order valence-electron chi connectivity index (χ2n) is 11.7. The lowest BCUT2D eigenvalue weighted by atomic mass is 9.76. The van der Waals surface area contributed by atoms with Crippen LogP contribution in [0.1, 0.15) is 52.4 Å². The zero-order valence-corrected chi connectivity index (χ0v) is 27.5. The average molecular weight is 680 g/mol. The van der Waals surface area contributed by atoms with E-state index in [1.165, 1.54) is 37.4 Å². The number of nitrogens with one attached hydrogen (secondary N) is 2. The van der Waals surface area contributed by atoms with Crippen molar-refractivity contribution in [2.45, 2.75) is 30.2 Å². The van der Waals surface area contributed by atoms with E-state index in [0.717, 1.165) is 39.2 Å². The van der Waals surface area contributed by atoms with E-state index in [-0.39, 0.29) is 40.1 Å². The lowest BCUT2D eigenvalue weighted by Gasteiger charge is -2.37. The van der Waals surface area contributed by atoms with Crippen LogP contribution in [-0.4, -0.2) is 44.6 Å². The smallest absolute Gasteiger partial charge is 0.337 e. The van der Waals surface area contributed by atoms with Crippen LogP contribution in [0.25, 0.3) is 0 Å². The Bertz CT molecular complexity index is 2080. The predicted octanol–water partition coefficient (Wildman–Crippen LogP) is 5.94. The van der Waals surface area contributed by atoms with E-state index in [4.69, 9.17) is 4.74 Å². The highest BCUT2D eigenvalue weighted by atomic mass is 32.2. The standard InChI is InChI=1S/C36H33N5O7S/c1-23(38-39-34(42)22-40(27-8-6-9-28(21-27)41(44)45)49(46,47)29-10-4-3-5-11-29)26-18-19-33-32(20-26)30-12-7-13-31(30)35(37-33)24-14-16-25(17-15-24)36(43)48-2/h3-12,14-21,30-31,35,37H,13,22H2,1-2H3,(H,39,42)/b38-23+/t30-,31+,35+/m1/s1. The highest BCUT2D eigenvalue weighted by Crippen LogP contribution is 2.50. The maximum absolute atomic E-state index is 13.6. The highest BCUT2D eigenvalue weighted by molar-refractivity contribution is 7.92. The molecule has 0 saturated heterocycles. The molecule has 0 aromatic heterocycles. The van der Waals surface area contributed by atoms with Gasteiger partial charge in [-0.2, -0.15) is 5.10 Å². The van der Waals surface area contributed by atoms with Crippen LogP contribution in [0, 0.1) is 16.0 Å². The molecular formula is C36H33N5O7S. The summed E-state index contributed by atoms with van der Waals surface area (Å²) in [6, 6.07) is 26.0. The van der Waals surface area contributed by atoms with Gasteiger partial charge in [0.15, 0.2) is 0 Å². The maximum Gasteiger partial charge on any atom is 0.337 e. The van der Waals surface area contributed by atoms with E-state index in [2.05, 4.69) is 28.0 Å². The molecule has 49 heavy (non-hydrogen) atoms. The monoisotopic (exact) mass is 679 g/mol. The number of sulfonamides is 1. The number of hydrogen-bond donors (Lipinski definition) is 2. The van der Waals surface area contributed by atoms with Crippen LogP contribution in [0.15, 0.2) is 119 Å². The summed E-state index contributed by atoms with van der Waals surface area (Å²) in [6.45, 7) is 1.07. The van der Waals surface area contributed by atoms with Crippen molar-refractivity contribution in [2.24, 2.45) is 11.0 Å². The molecular weight excluding hydrogens is 646 g/mol. The summed E-state index contributed by atoms with van der Waals surface area (Å²) in [6.07, 6.45) is 5.25. The normalized spacial score (nSPS) is 18.1. The number of carbonyl (C=O) groups excluding carboxylic acids is 2. The van der Waals surface area contributed by atoms with Gasteiger partial charge >= 0.3 is 5.97 Å². The maximum atomic E-state index is 13.6. The number of hydrogen-bond acceptors (Lipinski definition) is 9. The molecule has 12 nitrogen and oxygen atoms in total. The van der Waals surface area contributed by atoms with Crippen LogP contribution < -0.4 is 15.0 Å².